The molecule has 1 aliphatic carbocycles. The second kappa shape index (κ2) is 8.49. The molecule has 0 N–H and O–H groups in total. The predicted molar refractivity (Wildman–Crippen MR) is 119 cm³/mol. The summed E-state index contributed by atoms with van der Waals surface area (Å²) in [4.78, 5) is 40.6. The summed E-state index contributed by atoms with van der Waals surface area (Å²) in [5, 5.41) is 11.9. The summed E-state index contributed by atoms with van der Waals surface area (Å²) in [6.45, 7) is 5.15. The van der Waals surface area contributed by atoms with Gasteiger partial charge >= 0.3 is 0 Å². The molecule has 1 aliphatic heterocycles. The van der Waals surface area contributed by atoms with Crippen LogP contribution in [0.1, 0.15) is 38.7 Å². The summed E-state index contributed by atoms with van der Waals surface area (Å²) in [5.74, 6) is -0.639. The Bertz CT molecular complexity index is 1010. The minimum Gasteiger partial charge on any atom is -0.362 e. The van der Waals surface area contributed by atoms with Crippen molar-refractivity contribution in [2.45, 2.75) is 39.7 Å². The Morgan fingerprint density at radius 3 is 2.45 bits per heavy atom. The Labute approximate surface area is 181 Å². The molecule has 1 saturated heterocycles. The van der Waals surface area contributed by atoms with Gasteiger partial charge in [0.05, 0.1) is 22.4 Å². The minimum atomic E-state index is -0.438. The fourth-order valence-corrected chi connectivity index (χ4v) is 4.88. The zero-order chi connectivity index (χ0) is 22.1. The van der Waals surface area contributed by atoms with Crippen LogP contribution >= 0.6 is 0 Å². The van der Waals surface area contributed by atoms with E-state index >= 15 is 0 Å². The number of fused-ring (bicyclic) bond motifs is 1. The van der Waals surface area contributed by atoms with E-state index in [1.807, 2.05) is 42.2 Å². The maximum absolute atomic E-state index is 13.0. The highest BCUT2D eigenvalue weighted by Gasteiger charge is 2.50. The molecule has 0 radical (unpaired) electrons. The summed E-state index contributed by atoms with van der Waals surface area (Å²) < 4.78 is 0. The molecule has 2 amide bonds. The molecule has 7 heteroatoms. The maximum Gasteiger partial charge on any atom is 0.294 e. The van der Waals surface area contributed by atoms with E-state index in [4.69, 9.17) is 0 Å². The first-order chi connectivity index (χ1) is 14.9. The Morgan fingerprint density at radius 2 is 1.77 bits per heavy atom. The van der Waals surface area contributed by atoms with Crippen molar-refractivity contribution >= 4 is 28.9 Å². The zero-order valence-electron chi connectivity index (χ0n) is 17.9. The monoisotopic (exact) mass is 421 g/mol. The van der Waals surface area contributed by atoms with Gasteiger partial charge in [0, 0.05) is 19.2 Å². The van der Waals surface area contributed by atoms with E-state index in [0.29, 0.717) is 43.2 Å². The number of anilines is 2. The van der Waals surface area contributed by atoms with E-state index in [2.05, 4.69) is 6.92 Å². The molecule has 2 aromatic carbocycles. The van der Waals surface area contributed by atoms with Crippen molar-refractivity contribution in [2.75, 3.05) is 16.3 Å². The average molecular weight is 421 g/mol. The second-order valence-corrected chi connectivity index (χ2v) is 8.57. The number of nitro groups is 1. The molecule has 0 aromatic heterocycles. The number of imide groups is 1. The van der Waals surface area contributed by atoms with Gasteiger partial charge in [0.1, 0.15) is 5.69 Å². The summed E-state index contributed by atoms with van der Waals surface area (Å²) in [5.41, 5.74) is 1.72. The van der Waals surface area contributed by atoms with Gasteiger partial charge in [-0.05, 0) is 49.8 Å². The Morgan fingerprint density at radius 1 is 1.06 bits per heavy atom. The topological polar surface area (TPSA) is 83.8 Å². The number of carbonyl (C=O) groups excluding carboxylic acids is 2. The summed E-state index contributed by atoms with van der Waals surface area (Å²) in [7, 11) is 0. The van der Waals surface area contributed by atoms with Crippen LogP contribution in [-0.4, -0.2) is 23.3 Å². The van der Waals surface area contributed by atoms with Crippen molar-refractivity contribution < 1.29 is 14.5 Å². The van der Waals surface area contributed by atoms with E-state index in [9.17, 15) is 19.7 Å². The number of hydrogen-bond acceptors (Lipinski definition) is 5. The Kier molecular flexibility index (Phi) is 5.76. The molecule has 4 rings (SSSR count). The van der Waals surface area contributed by atoms with Crippen LogP contribution in [0.3, 0.4) is 0 Å². The molecule has 1 heterocycles. The molecule has 3 atom stereocenters. The van der Waals surface area contributed by atoms with Crippen molar-refractivity contribution in [3.05, 3.63) is 64.2 Å². The smallest absolute Gasteiger partial charge is 0.294 e. The number of rotatable bonds is 6. The van der Waals surface area contributed by atoms with Crippen LogP contribution in [0, 0.1) is 27.9 Å². The SMILES string of the molecule is CCN(Cc1ccccc1)c1ccc(N2C(=O)[C@H]3C[C@@H](C)CC[C@H]3C2=O)cc1[N+](=O)[O-]. The van der Waals surface area contributed by atoms with E-state index < -0.39 is 4.92 Å². The lowest BCUT2D eigenvalue weighted by atomic mass is 9.76. The van der Waals surface area contributed by atoms with Gasteiger partial charge in [-0.15, -0.1) is 0 Å². The molecule has 7 nitrogen and oxygen atoms in total. The molecule has 2 aliphatic rings. The largest absolute Gasteiger partial charge is 0.362 e. The van der Waals surface area contributed by atoms with Crippen LogP contribution in [0.4, 0.5) is 17.1 Å². The third-order valence-electron chi connectivity index (χ3n) is 6.54. The van der Waals surface area contributed by atoms with Gasteiger partial charge in [-0.2, -0.15) is 0 Å². The highest BCUT2D eigenvalue weighted by molar-refractivity contribution is 6.22. The first-order valence-electron chi connectivity index (χ1n) is 10.9. The summed E-state index contributed by atoms with van der Waals surface area (Å²) in [6, 6.07) is 14.5. The zero-order valence-corrected chi connectivity index (χ0v) is 17.9. The quantitative estimate of drug-likeness (QED) is 0.388. The van der Waals surface area contributed by atoms with Gasteiger partial charge in [0.15, 0.2) is 0 Å². The van der Waals surface area contributed by atoms with E-state index in [1.165, 1.54) is 11.0 Å². The minimum absolute atomic E-state index is 0.0980. The molecule has 0 spiro atoms. The molecule has 1 saturated carbocycles. The number of amides is 2. The van der Waals surface area contributed by atoms with E-state index in [0.717, 1.165) is 12.0 Å². The van der Waals surface area contributed by atoms with Gasteiger partial charge in [0.2, 0.25) is 11.8 Å². The van der Waals surface area contributed by atoms with Crippen LogP contribution in [0.25, 0.3) is 0 Å². The van der Waals surface area contributed by atoms with Gasteiger partial charge in [0.25, 0.3) is 5.69 Å². The molecule has 2 aromatic rings. The van der Waals surface area contributed by atoms with Gasteiger partial charge in [-0.3, -0.25) is 19.7 Å². The molecule has 31 heavy (non-hydrogen) atoms. The van der Waals surface area contributed by atoms with Crippen LogP contribution < -0.4 is 9.80 Å². The fourth-order valence-electron chi connectivity index (χ4n) is 4.88. The van der Waals surface area contributed by atoms with E-state index in [-0.39, 0.29) is 29.3 Å². The lowest BCUT2D eigenvalue weighted by molar-refractivity contribution is -0.384. The molecule has 0 bridgehead atoms. The number of benzene rings is 2. The van der Waals surface area contributed by atoms with Crippen molar-refractivity contribution in [1.82, 2.24) is 0 Å². The highest BCUT2D eigenvalue weighted by Crippen LogP contribution is 2.43. The molecule has 2 fully saturated rings. The average Bonchev–Trinajstić information content (AvgIpc) is 3.02. The lowest BCUT2D eigenvalue weighted by Gasteiger charge is -2.25. The van der Waals surface area contributed by atoms with Crippen LogP contribution in [0.5, 0.6) is 0 Å². The summed E-state index contributed by atoms with van der Waals surface area (Å²) >= 11 is 0. The standard InChI is InChI=1S/C24H27N3O4/c1-3-25(15-17-7-5-4-6-8-17)21-12-10-18(14-22(21)27(30)31)26-23(28)19-11-9-16(2)13-20(19)24(26)29/h4-8,10,12,14,16,19-20H,3,9,11,13,15H2,1-2H3/t16-,19+,20-/m0/s1. The third-order valence-corrected chi connectivity index (χ3v) is 6.54. The number of nitro benzene ring substituents is 1. The van der Waals surface area contributed by atoms with Crippen LogP contribution in [0.15, 0.2) is 48.5 Å². The van der Waals surface area contributed by atoms with E-state index in [1.54, 1.807) is 12.1 Å². The van der Waals surface area contributed by atoms with Crippen LogP contribution in [-0.2, 0) is 16.1 Å². The van der Waals surface area contributed by atoms with Crippen molar-refractivity contribution in [3.63, 3.8) is 0 Å². The first-order valence-corrected chi connectivity index (χ1v) is 10.9. The first kappa shape index (κ1) is 21.0. The maximum atomic E-state index is 13.0. The van der Waals surface area contributed by atoms with Crippen molar-refractivity contribution in [2.24, 2.45) is 17.8 Å². The Hall–Kier alpha value is -3.22. The lowest BCUT2D eigenvalue weighted by Crippen LogP contribution is -2.31. The third kappa shape index (κ3) is 3.92. The summed E-state index contributed by atoms with van der Waals surface area (Å²) in [6.07, 6.45) is 2.33. The van der Waals surface area contributed by atoms with Gasteiger partial charge < -0.3 is 4.90 Å². The molecular formula is C24H27N3O4. The number of carbonyl (C=O) groups is 2. The fraction of sp³-hybridized carbons (Fsp3) is 0.417. The predicted octanol–water partition coefficient (Wildman–Crippen LogP) is 4.55. The van der Waals surface area contributed by atoms with Gasteiger partial charge in [-0.25, -0.2) is 4.90 Å². The molecular weight excluding hydrogens is 394 g/mol. The van der Waals surface area contributed by atoms with Crippen molar-refractivity contribution in [3.8, 4) is 0 Å². The molecule has 0 unspecified atom stereocenters. The highest BCUT2D eigenvalue weighted by atomic mass is 16.6. The Balaban J connectivity index is 1.67. The number of hydrogen-bond donors (Lipinski definition) is 0. The second-order valence-electron chi connectivity index (χ2n) is 8.57. The van der Waals surface area contributed by atoms with Gasteiger partial charge in [-0.1, -0.05) is 37.3 Å². The normalized spacial score (nSPS) is 23.0. The number of nitrogens with zero attached hydrogens (tertiary/aromatic N) is 3. The molecule has 162 valence electrons. The van der Waals surface area contributed by atoms with Crippen LogP contribution in [0.2, 0.25) is 0 Å². The van der Waals surface area contributed by atoms with Crippen molar-refractivity contribution in [1.29, 1.82) is 0 Å².